The molecule has 0 radical (unpaired) electrons. The van der Waals surface area contributed by atoms with Gasteiger partial charge >= 0.3 is 5.97 Å². The minimum Gasteiger partial charge on any atom is -0.459 e. The van der Waals surface area contributed by atoms with Crippen molar-refractivity contribution in [1.82, 2.24) is 0 Å². The third-order valence-corrected chi connectivity index (χ3v) is 3.97. The first-order valence-corrected chi connectivity index (χ1v) is 8.20. The van der Waals surface area contributed by atoms with E-state index in [1.165, 1.54) is 6.92 Å². The lowest BCUT2D eigenvalue weighted by Gasteiger charge is -2.29. The first-order chi connectivity index (χ1) is 11.1. The molecule has 0 aromatic heterocycles. The van der Waals surface area contributed by atoms with Gasteiger partial charge in [-0.15, -0.1) is 13.2 Å². The van der Waals surface area contributed by atoms with Crippen molar-refractivity contribution in [2.45, 2.75) is 83.1 Å². The van der Waals surface area contributed by atoms with Crippen molar-refractivity contribution in [3.63, 3.8) is 0 Å². The van der Waals surface area contributed by atoms with Gasteiger partial charge in [-0.25, -0.2) is 0 Å². The van der Waals surface area contributed by atoms with E-state index >= 15 is 0 Å². The fourth-order valence-electron chi connectivity index (χ4n) is 3.24. The van der Waals surface area contributed by atoms with Crippen LogP contribution in [0.4, 0.5) is 0 Å². The van der Waals surface area contributed by atoms with Gasteiger partial charge < -0.3 is 23.7 Å². The summed E-state index contributed by atoms with van der Waals surface area (Å²) in [6.07, 6.45) is 1.62. The maximum Gasteiger partial charge on any atom is 0.303 e. The van der Waals surface area contributed by atoms with Gasteiger partial charge in [0.25, 0.3) is 0 Å². The molecule has 6 heteroatoms. The highest BCUT2D eigenvalue weighted by atomic mass is 16.8. The predicted octanol–water partition coefficient (Wildman–Crippen LogP) is 2.72. The number of rotatable bonds is 6. The van der Waals surface area contributed by atoms with E-state index in [4.69, 9.17) is 23.7 Å². The third-order valence-electron chi connectivity index (χ3n) is 3.97. The first kappa shape index (κ1) is 19.1. The summed E-state index contributed by atoms with van der Waals surface area (Å²) in [5.74, 6) is -1.95. The smallest absolute Gasteiger partial charge is 0.303 e. The molecule has 0 bridgehead atoms. The molecule has 0 amide bonds. The van der Waals surface area contributed by atoms with Crippen LogP contribution in [0.2, 0.25) is 0 Å². The molecule has 0 aliphatic carbocycles. The van der Waals surface area contributed by atoms with Gasteiger partial charge in [0.05, 0.1) is 0 Å². The molecule has 2 aliphatic rings. The second kappa shape index (κ2) is 6.96. The Hall–Kier alpha value is -1.21. The van der Waals surface area contributed by atoms with Crippen molar-refractivity contribution in [2.24, 2.45) is 0 Å². The van der Waals surface area contributed by atoms with E-state index in [9.17, 15) is 4.79 Å². The second-order valence-electron chi connectivity index (χ2n) is 7.04. The monoisotopic (exact) mass is 340 g/mol. The highest BCUT2D eigenvalue weighted by molar-refractivity contribution is 5.66. The van der Waals surface area contributed by atoms with Gasteiger partial charge in [-0.2, -0.15) is 0 Å². The molecule has 24 heavy (non-hydrogen) atoms. The Morgan fingerprint density at radius 3 is 2.21 bits per heavy atom. The Bertz CT molecular complexity index is 498. The summed E-state index contributed by atoms with van der Waals surface area (Å²) in [4.78, 5) is 11.5. The van der Waals surface area contributed by atoms with Crippen molar-refractivity contribution in [3.8, 4) is 0 Å². The van der Waals surface area contributed by atoms with Crippen molar-refractivity contribution in [2.75, 3.05) is 0 Å². The molecule has 136 valence electrons. The summed E-state index contributed by atoms with van der Waals surface area (Å²) in [5, 5.41) is 0. The van der Waals surface area contributed by atoms with E-state index in [2.05, 4.69) is 13.2 Å². The van der Waals surface area contributed by atoms with Crippen LogP contribution in [0.25, 0.3) is 0 Å². The Morgan fingerprint density at radius 1 is 1.08 bits per heavy atom. The third kappa shape index (κ3) is 4.25. The topological polar surface area (TPSA) is 63.2 Å². The first-order valence-electron chi connectivity index (χ1n) is 8.20. The van der Waals surface area contributed by atoms with Gasteiger partial charge in [0, 0.05) is 13.3 Å². The van der Waals surface area contributed by atoms with Crippen LogP contribution in [0.5, 0.6) is 0 Å². The lowest BCUT2D eigenvalue weighted by atomic mass is 9.97. The van der Waals surface area contributed by atoms with Gasteiger partial charge in [0.15, 0.2) is 11.6 Å². The normalized spacial score (nSPS) is 35.4. The molecule has 2 fully saturated rings. The van der Waals surface area contributed by atoms with Crippen LogP contribution in [-0.4, -0.2) is 48.1 Å². The van der Waals surface area contributed by atoms with Gasteiger partial charge in [0.2, 0.25) is 0 Å². The molecular formula is C18H28O6. The van der Waals surface area contributed by atoms with E-state index in [0.717, 1.165) is 0 Å². The Kier molecular flexibility index (Phi) is 5.54. The van der Waals surface area contributed by atoms with Crippen LogP contribution in [-0.2, 0) is 28.5 Å². The number of carbonyl (C=O) groups is 1. The average molecular weight is 340 g/mol. The maximum atomic E-state index is 11.5. The minimum atomic E-state index is -0.823. The molecule has 5 atom stereocenters. The summed E-state index contributed by atoms with van der Waals surface area (Å²) in [5.41, 5.74) is 0. The number of ether oxygens (including phenoxy) is 5. The maximum absolute atomic E-state index is 11.5. The quantitative estimate of drug-likeness (QED) is 0.547. The Balaban J connectivity index is 2.28. The Morgan fingerprint density at radius 2 is 1.67 bits per heavy atom. The van der Waals surface area contributed by atoms with Gasteiger partial charge in [-0.05, 0) is 27.7 Å². The zero-order valence-corrected chi connectivity index (χ0v) is 15.1. The van der Waals surface area contributed by atoms with Crippen LogP contribution < -0.4 is 0 Å². The number of carbonyl (C=O) groups excluding carboxylic acids is 1. The predicted molar refractivity (Wildman–Crippen MR) is 88.2 cm³/mol. The summed E-state index contributed by atoms with van der Waals surface area (Å²) >= 11 is 0. The molecule has 0 aromatic rings. The van der Waals surface area contributed by atoms with Crippen LogP contribution in [0, 0.1) is 0 Å². The number of esters is 1. The van der Waals surface area contributed by atoms with Crippen molar-refractivity contribution in [3.05, 3.63) is 25.3 Å². The standard InChI is InChI=1S/C18H28O6/c1-8-10-13(20-11(3)19)15-16(24-18(6,7)23-15)14-12(9-2)21-17(4,5)22-14/h8-9,12-16H,1-2,10H2,3-7H3/t12-,13-,14-,15+,16-/m1/s1. The lowest BCUT2D eigenvalue weighted by molar-refractivity contribution is -0.176. The fraction of sp³-hybridized carbons (Fsp3) is 0.722. The van der Waals surface area contributed by atoms with E-state index in [1.807, 2.05) is 27.7 Å². The molecule has 2 rings (SSSR count). The average Bonchev–Trinajstić information content (AvgIpc) is 2.93. The molecule has 2 aliphatic heterocycles. The van der Waals surface area contributed by atoms with E-state index in [0.29, 0.717) is 6.42 Å². The summed E-state index contributed by atoms with van der Waals surface area (Å²) in [6.45, 7) is 16.2. The number of hydrogen-bond donors (Lipinski definition) is 0. The molecule has 6 nitrogen and oxygen atoms in total. The molecule has 0 saturated carbocycles. The highest BCUT2D eigenvalue weighted by Gasteiger charge is 2.55. The summed E-state index contributed by atoms with van der Waals surface area (Å²) < 4.78 is 29.4. The number of hydrogen-bond acceptors (Lipinski definition) is 6. The molecule has 0 N–H and O–H groups in total. The molecule has 0 spiro atoms. The molecule has 2 saturated heterocycles. The Labute approximate surface area is 143 Å². The van der Waals surface area contributed by atoms with Crippen molar-refractivity contribution < 1.29 is 28.5 Å². The van der Waals surface area contributed by atoms with Crippen molar-refractivity contribution in [1.29, 1.82) is 0 Å². The van der Waals surface area contributed by atoms with E-state index < -0.39 is 36.0 Å². The van der Waals surface area contributed by atoms with E-state index in [-0.39, 0.29) is 12.1 Å². The fourth-order valence-corrected chi connectivity index (χ4v) is 3.24. The second-order valence-corrected chi connectivity index (χ2v) is 7.04. The molecular weight excluding hydrogens is 312 g/mol. The van der Waals surface area contributed by atoms with Crippen molar-refractivity contribution >= 4 is 5.97 Å². The minimum absolute atomic E-state index is 0.341. The van der Waals surface area contributed by atoms with Crippen LogP contribution in [0.3, 0.4) is 0 Å². The molecule has 2 heterocycles. The SMILES string of the molecule is C=CC[C@@H](OC(C)=O)[C@@H]1OC(C)(C)O[C@@H]1[C@@H]1OC(C)(C)O[C@@H]1C=C. The lowest BCUT2D eigenvalue weighted by Crippen LogP contribution is -2.47. The zero-order valence-electron chi connectivity index (χ0n) is 15.1. The zero-order chi connectivity index (χ0) is 18.1. The van der Waals surface area contributed by atoms with Crippen LogP contribution in [0.15, 0.2) is 25.3 Å². The summed E-state index contributed by atoms with van der Waals surface area (Å²) in [6, 6.07) is 0. The summed E-state index contributed by atoms with van der Waals surface area (Å²) in [7, 11) is 0. The molecule has 0 unspecified atom stereocenters. The van der Waals surface area contributed by atoms with Crippen LogP contribution >= 0.6 is 0 Å². The van der Waals surface area contributed by atoms with Gasteiger partial charge in [0.1, 0.15) is 30.5 Å². The van der Waals surface area contributed by atoms with E-state index in [1.54, 1.807) is 12.2 Å². The van der Waals surface area contributed by atoms with Gasteiger partial charge in [-0.1, -0.05) is 12.2 Å². The highest BCUT2D eigenvalue weighted by Crippen LogP contribution is 2.40. The molecule has 0 aromatic carbocycles. The van der Waals surface area contributed by atoms with Crippen LogP contribution in [0.1, 0.15) is 41.0 Å². The van der Waals surface area contributed by atoms with Gasteiger partial charge in [-0.3, -0.25) is 4.79 Å². The largest absolute Gasteiger partial charge is 0.459 e.